The van der Waals surface area contributed by atoms with Gasteiger partial charge in [0.25, 0.3) is 0 Å². The fourth-order valence-electron chi connectivity index (χ4n) is 5.70. The summed E-state index contributed by atoms with van der Waals surface area (Å²) in [6, 6.07) is 8.23. The van der Waals surface area contributed by atoms with Gasteiger partial charge < -0.3 is 15.2 Å². The average Bonchev–Trinajstić information content (AvgIpc) is 3.18. The number of methoxy groups -OCH3 is 1. The van der Waals surface area contributed by atoms with Crippen molar-refractivity contribution in [1.29, 1.82) is 0 Å². The molecule has 3 heterocycles. The van der Waals surface area contributed by atoms with E-state index in [0.29, 0.717) is 5.57 Å². The largest absolute Gasteiger partial charge is 0.466 e. The van der Waals surface area contributed by atoms with Crippen molar-refractivity contribution < 1.29 is 14.6 Å². The first kappa shape index (κ1) is 15.2. The smallest absolute Gasteiger partial charge is 0.336 e. The zero-order valence-electron chi connectivity index (χ0n) is 14.5. The number of nitrogens with one attached hydrogen (secondary N) is 1. The van der Waals surface area contributed by atoms with Gasteiger partial charge in [-0.2, -0.15) is 0 Å². The quantitative estimate of drug-likeness (QED) is 0.604. The third-order valence-electron chi connectivity index (χ3n) is 6.61. The molecule has 5 heteroatoms. The summed E-state index contributed by atoms with van der Waals surface area (Å²) in [6.07, 6.45) is 2.34. The summed E-state index contributed by atoms with van der Waals surface area (Å²) in [6.45, 7) is 3.71. The van der Waals surface area contributed by atoms with E-state index in [4.69, 9.17) is 4.74 Å². The molecule has 130 valence electrons. The van der Waals surface area contributed by atoms with Crippen molar-refractivity contribution in [3.05, 3.63) is 52.7 Å². The first-order valence-electron chi connectivity index (χ1n) is 8.90. The van der Waals surface area contributed by atoms with E-state index in [0.717, 1.165) is 36.5 Å². The van der Waals surface area contributed by atoms with E-state index in [1.54, 1.807) is 0 Å². The maximum Gasteiger partial charge on any atom is 0.336 e. The minimum atomic E-state index is -0.603. The summed E-state index contributed by atoms with van der Waals surface area (Å²) < 4.78 is 5.14. The second kappa shape index (κ2) is 4.96. The van der Waals surface area contributed by atoms with E-state index in [-0.39, 0.29) is 23.3 Å². The van der Waals surface area contributed by atoms with Gasteiger partial charge in [-0.15, -0.1) is 0 Å². The van der Waals surface area contributed by atoms with Gasteiger partial charge in [0.15, 0.2) is 0 Å². The first-order chi connectivity index (χ1) is 12.1. The maximum absolute atomic E-state index is 12.8. The number of para-hydroxylation sites is 1. The van der Waals surface area contributed by atoms with Crippen molar-refractivity contribution in [2.75, 3.05) is 25.5 Å². The van der Waals surface area contributed by atoms with Crippen LogP contribution < -0.4 is 5.32 Å². The number of carbonyl (C=O) groups is 1. The normalized spacial score (nSPS) is 36.9. The van der Waals surface area contributed by atoms with Gasteiger partial charge in [0.2, 0.25) is 0 Å². The zero-order valence-corrected chi connectivity index (χ0v) is 14.5. The number of aliphatic hydroxyl groups excluding tert-OH is 1. The topological polar surface area (TPSA) is 61.8 Å². The zero-order chi connectivity index (χ0) is 17.3. The van der Waals surface area contributed by atoms with Crippen LogP contribution in [0.5, 0.6) is 0 Å². The van der Waals surface area contributed by atoms with Gasteiger partial charge in [0.1, 0.15) is 0 Å². The highest BCUT2D eigenvalue weighted by molar-refractivity contribution is 5.94. The van der Waals surface area contributed by atoms with Gasteiger partial charge in [-0.3, -0.25) is 4.90 Å². The van der Waals surface area contributed by atoms with Crippen LogP contribution in [-0.2, 0) is 14.9 Å². The molecule has 3 aliphatic heterocycles. The third-order valence-corrected chi connectivity index (χ3v) is 6.61. The number of carbonyl (C=O) groups excluding carboxylic acids is 1. The van der Waals surface area contributed by atoms with E-state index in [1.165, 1.54) is 12.7 Å². The van der Waals surface area contributed by atoms with Crippen LogP contribution in [-0.4, -0.2) is 48.3 Å². The first-order valence-corrected chi connectivity index (χ1v) is 8.90. The molecule has 1 aliphatic carbocycles. The Kier molecular flexibility index (Phi) is 3.01. The number of esters is 1. The van der Waals surface area contributed by atoms with Crippen LogP contribution in [0.15, 0.2) is 47.2 Å². The van der Waals surface area contributed by atoms with Crippen LogP contribution in [0, 0.1) is 5.92 Å². The predicted octanol–water partition coefficient (Wildman–Crippen LogP) is 1.80. The molecule has 5 nitrogen and oxygen atoms in total. The summed E-state index contributed by atoms with van der Waals surface area (Å²) >= 11 is 0. The van der Waals surface area contributed by atoms with Gasteiger partial charge in [-0.1, -0.05) is 24.3 Å². The molecule has 4 atom stereocenters. The molecule has 2 N–H and O–H groups in total. The summed E-state index contributed by atoms with van der Waals surface area (Å²) in [5.41, 5.74) is 4.56. The minimum absolute atomic E-state index is 0.000700. The number of benzene rings is 1. The predicted molar refractivity (Wildman–Crippen MR) is 94.0 cm³/mol. The second-order valence-corrected chi connectivity index (χ2v) is 7.42. The summed E-state index contributed by atoms with van der Waals surface area (Å²) in [4.78, 5) is 15.2. The molecule has 1 aromatic carbocycles. The number of nitrogens with zero attached hydrogens (tertiary/aromatic N) is 1. The SMILES string of the molecule is C/C=C1/CN2CCC34C(=C(C(=O)OC)[C@H]1[C@H](O)[C@H]23)Nc1ccccc14. The number of rotatable bonds is 1. The van der Waals surface area contributed by atoms with E-state index >= 15 is 0 Å². The Balaban J connectivity index is 1.85. The Morgan fingerprint density at radius 1 is 1.44 bits per heavy atom. The lowest BCUT2D eigenvalue weighted by molar-refractivity contribution is -0.138. The molecule has 25 heavy (non-hydrogen) atoms. The lowest BCUT2D eigenvalue weighted by Crippen LogP contribution is -2.61. The highest BCUT2D eigenvalue weighted by atomic mass is 16.5. The van der Waals surface area contributed by atoms with E-state index in [2.05, 4.69) is 22.3 Å². The number of aliphatic hydroxyl groups is 1. The molecule has 1 aromatic rings. The minimum Gasteiger partial charge on any atom is -0.466 e. The Morgan fingerprint density at radius 2 is 2.24 bits per heavy atom. The molecule has 0 radical (unpaired) electrons. The Bertz CT molecular complexity index is 843. The molecule has 0 amide bonds. The number of piperidine rings is 1. The number of fused-ring (bicyclic) bond motifs is 2. The summed E-state index contributed by atoms with van der Waals surface area (Å²) in [5.74, 6) is -0.626. The highest BCUT2D eigenvalue weighted by Gasteiger charge is 2.65. The van der Waals surface area contributed by atoms with Crippen molar-refractivity contribution in [3.8, 4) is 0 Å². The number of ether oxygens (including phenoxy) is 1. The fourth-order valence-corrected chi connectivity index (χ4v) is 5.70. The average molecular weight is 338 g/mol. The van der Waals surface area contributed by atoms with Crippen LogP contribution >= 0.6 is 0 Å². The number of anilines is 1. The van der Waals surface area contributed by atoms with Gasteiger partial charge in [-0.25, -0.2) is 4.79 Å². The Labute approximate surface area is 147 Å². The second-order valence-electron chi connectivity index (χ2n) is 7.42. The molecular formula is C20H22N2O3. The Morgan fingerprint density at radius 3 is 3.00 bits per heavy atom. The van der Waals surface area contributed by atoms with Crippen LogP contribution in [0.4, 0.5) is 5.69 Å². The van der Waals surface area contributed by atoms with Crippen LogP contribution in [0.25, 0.3) is 0 Å². The summed E-state index contributed by atoms with van der Waals surface area (Å²) in [5, 5.41) is 14.8. The number of hydrogen-bond acceptors (Lipinski definition) is 5. The van der Waals surface area contributed by atoms with Crippen molar-refractivity contribution in [3.63, 3.8) is 0 Å². The van der Waals surface area contributed by atoms with Gasteiger partial charge >= 0.3 is 5.97 Å². The molecule has 1 spiro atoms. The van der Waals surface area contributed by atoms with E-state index < -0.39 is 6.10 Å². The van der Waals surface area contributed by atoms with Crippen molar-refractivity contribution in [2.45, 2.75) is 30.9 Å². The Hall–Kier alpha value is -2.11. The molecule has 5 rings (SSSR count). The van der Waals surface area contributed by atoms with Crippen LogP contribution in [0.2, 0.25) is 0 Å². The number of hydrogen-bond donors (Lipinski definition) is 2. The molecule has 0 aromatic heterocycles. The molecular weight excluding hydrogens is 316 g/mol. The lowest BCUT2D eigenvalue weighted by Gasteiger charge is -2.51. The van der Waals surface area contributed by atoms with Crippen molar-refractivity contribution in [2.24, 2.45) is 5.92 Å². The van der Waals surface area contributed by atoms with Crippen LogP contribution in [0.3, 0.4) is 0 Å². The molecule has 2 bridgehead atoms. The molecule has 2 fully saturated rings. The third kappa shape index (κ3) is 1.63. The lowest BCUT2D eigenvalue weighted by atomic mass is 9.60. The molecule has 1 unspecified atom stereocenters. The van der Waals surface area contributed by atoms with Gasteiger partial charge in [0, 0.05) is 30.4 Å². The van der Waals surface area contributed by atoms with Gasteiger partial charge in [0.05, 0.1) is 30.2 Å². The summed E-state index contributed by atoms with van der Waals surface area (Å²) in [7, 11) is 1.42. The molecule has 4 aliphatic rings. The van der Waals surface area contributed by atoms with E-state index in [9.17, 15) is 9.90 Å². The van der Waals surface area contributed by atoms with Crippen molar-refractivity contribution in [1.82, 2.24) is 4.90 Å². The molecule has 0 saturated carbocycles. The number of allylic oxidation sites excluding steroid dienone is 1. The maximum atomic E-state index is 12.8. The van der Waals surface area contributed by atoms with Crippen molar-refractivity contribution >= 4 is 11.7 Å². The van der Waals surface area contributed by atoms with E-state index in [1.807, 2.05) is 25.1 Å². The monoisotopic (exact) mass is 338 g/mol. The van der Waals surface area contributed by atoms with Crippen LogP contribution in [0.1, 0.15) is 18.9 Å². The van der Waals surface area contributed by atoms with Gasteiger partial charge in [-0.05, 0) is 30.5 Å². The standard InChI is InChI=1S/C20H22N2O3/c1-3-11-10-22-9-8-20-12-6-4-5-7-13(12)21-17(20)15(19(24)25-2)14(11)16(23)18(20)22/h3-7,14,16,18,21,23H,8-10H2,1-2H3/b11-3-/t14-,16-,18-,20?/m0/s1. The highest BCUT2D eigenvalue weighted by Crippen LogP contribution is 2.61. The fraction of sp³-hybridized carbons (Fsp3) is 0.450. The molecule has 2 saturated heterocycles.